The van der Waals surface area contributed by atoms with Crippen LogP contribution in [0.4, 0.5) is 0 Å². The zero-order valence-corrected chi connectivity index (χ0v) is 13.0. The lowest BCUT2D eigenvalue weighted by atomic mass is 10.1. The summed E-state index contributed by atoms with van der Waals surface area (Å²) in [4.78, 5) is 12.0. The largest absolute Gasteiger partial charge is 0.497 e. The molecule has 1 aromatic rings. The van der Waals surface area contributed by atoms with Crippen LogP contribution in [0.3, 0.4) is 0 Å². The molecule has 20 heavy (non-hydrogen) atoms. The lowest BCUT2D eigenvalue weighted by Crippen LogP contribution is -2.30. The number of hydrazone groups is 1. The van der Waals surface area contributed by atoms with Crippen molar-refractivity contribution in [1.29, 1.82) is 0 Å². The van der Waals surface area contributed by atoms with Gasteiger partial charge in [0.1, 0.15) is 10.1 Å². The molecule has 1 N–H and O–H groups in total. The predicted molar refractivity (Wildman–Crippen MR) is 80.5 cm³/mol. The van der Waals surface area contributed by atoms with Crippen LogP contribution in [-0.2, 0) is 4.79 Å². The number of nitrogens with zero attached hydrogens (tertiary/aromatic N) is 1. The summed E-state index contributed by atoms with van der Waals surface area (Å²) in [6.45, 7) is 3.53. The highest BCUT2D eigenvalue weighted by molar-refractivity contribution is 6.53. The summed E-state index contributed by atoms with van der Waals surface area (Å²) in [5.74, 6) is 0.500. The van der Waals surface area contributed by atoms with Gasteiger partial charge in [0.2, 0.25) is 5.91 Å². The number of ether oxygens (including phenoxy) is 1. The number of rotatable bonds is 4. The van der Waals surface area contributed by atoms with E-state index in [1.165, 1.54) is 0 Å². The molecule has 0 radical (unpaired) electrons. The molecule has 1 fully saturated rings. The van der Waals surface area contributed by atoms with Crippen LogP contribution in [0.15, 0.2) is 29.4 Å². The van der Waals surface area contributed by atoms with Gasteiger partial charge in [0.05, 0.1) is 18.2 Å². The van der Waals surface area contributed by atoms with Crippen LogP contribution in [0.25, 0.3) is 0 Å². The highest BCUT2D eigenvalue weighted by Crippen LogP contribution is 2.63. The van der Waals surface area contributed by atoms with Crippen molar-refractivity contribution >= 4 is 34.8 Å². The topological polar surface area (TPSA) is 50.7 Å². The van der Waals surface area contributed by atoms with Gasteiger partial charge in [0, 0.05) is 0 Å². The minimum atomic E-state index is -0.985. The molecule has 6 heteroatoms. The molecule has 1 aliphatic rings. The first-order valence-electron chi connectivity index (χ1n) is 6.17. The fourth-order valence-electron chi connectivity index (χ4n) is 1.80. The van der Waals surface area contributed by atoms with E-state index in [0.29, 0.717) is 12.1 Å². The Bertz CT molecular complexity index is 555. The Balaban J connectivity index is 2.02. The van der Waals surface area contributed by atoms with Crippen LogP contribution >= 0.6 is 23.2 Å². The quantitative estimate of drug-likeness (QED) is 0.527. The molecule has 1 aromatic carbocycles. The molecule has 1 atom stereocenters. The number of hydrogen-bond donors (Lipinski definition) is 1. The number of alkyl halides is 2. The molecule has 108 valence electrons. The molecule has 0 aromatic heterocycles. The maximum atomic E-state index is 12.0. The number of benzene rings is 1. The van der Waals surface area contributed by atoms with Crippen LogP contribution in [0.5, 0.6) is 5.75 Å². The van der Waals surface area contributed by atoms with E-state index in [1.807, 2.05) is 31.2 Å². The first kappa shape index (κ1) is 15.1. The Morgan fingerprint density at radius 1 is 1.35 bits per heavy atom. The van der Waals surface area contributed by atoms with Crippen molar-refractivity contribution in [2.24, 2.45) is 10.5 Å². The summed E-state index contributed by atoms with van der Waals surface area (Å²) in [6, 6.07) is 7.41. The van der Waals surface area contributed by atoms with Gasteiger partial charge in [-0.25, -0.2) is 5.43 Å². The van der Waals surface area contributed by atoms with Crippen molar-refractivity contribution in [3.63, 3.8) is 0 Å². The Kier molecular flexibility index (Phi) is 3.98. The van der Waals surface area contributed by atoms with Crippen LogP contribution in [0.1, 0.15) is 25.8 Å². The normalized spacial score (nSPS) is 24.1. The van der Waals surface area contributed by atoms with E-state index < -0.39 is 9.75 Å². The van der Waals surface area contributed by atoms with Crippen molar-refractivity contribution in [3.8, 4) is 5.75 Å². The second kappa shape index (κ2) is 5.26. The Morgan fingerprint density at radius 2 is 1.90 bits per heavy atom. The van der Waals surface area contributed by atoms with Crippen LogP contribution in [0.2, 0.25) is 0 Å². The Labute approximate surface area is 128 Å². The molecule has 0 spiro atoms. The van der Waals surface area contributed by atoms with Gasteiger partial charge in [0.25, 0.3) is 0 Å². The summed E-state index contributed by atoms with van der Waals surface area (Å²) in [7, 11) is 1.61. The van der Waals surface area contributed by atoms with Crippen LogP contribution in [0, 0.1) is 5.41 Å². The van der Waals surface area contributed by atoms with Gasteiger partial charge in [0.15, 0.2) is 0 Å². The van der Waals surface area contributed by atoms with E-state index in [9.17, 15) is 4.79 Å². The number of carbonyl (C=O) groups is 1. The zero-order chi connectivity index (χ0) is 15.0. The number of amides is 1. The molecule has 2 rings (SSSR count). The van der Waals surface area contributed by atoms with Crippen molar-refractivity contribution in [2.45, 2.75) is 24.6 Å². The molecule has 1 saturated carbocycles. The molecule has 1 aliphatic carbocycles. The van der Waals surface area contributed by atoms with Crippen LogP contribution < -0.4 is 10.2 Å². The number of halogens is 2. The lowest BCUT2D eigenvalue weighted by Gasteiger charge is -2.10. The van der Waals surface area contributed by atoms with Crippen molar-refractivity contribution < 1.29 is 9.53 Å². The molecular weight excluding hydrogens is 299 g/mol. The number of methoxy groups -OCH3 is 1. The van der Waals surface area contributed by atoms with E-state index in [2.05, 4.69) is 10.5 Å². The third kappa shape index (κ3) is 2.76. The second-order valence-electron chi connectivity index (χ2n) is 5.08. The maximum Gasteiger partial charge on any atom is 0.249 e. The molecule has 1 amide bonds. The Hall–Kier alpha value is -1.26. The molecule has 0 aliphatic heterocycles. The van der Waals surface area contributed by atoms with Gasteiger partial charge < -0.3 is 4.74 Å². The minimum Gasteiger partial charge on any atom is -0.497 e. The van der Waals surface area contributed by atoms with Gasteiger partial charge in [-0.2, -0.15) is 5.10 Å². The second-order valence-corrected chi connectivity index (χ2v) is 6.56. The molecule has 0 heterocycles. The molecule has 0 unspecified atom stereocenters. The summed E-state index contributed by atoms with van der Waals surface area (Å²) in [6.07, 6.45) is 0.437. The smallest absolute Gasteiger partial charge is 0.249 e. The fraction of sp³-hybridized carbons (Fsp3) is 0.429. The van der Waals surface area contributed by atoms with E-state index in [-0.39, 0.29) is 5.91 Å². The third-order valence-corrected chi connectivity index (χ3v) is 4.69. The summed E-state index contributed by atoms with van der Waals surface area (Å²) >= 11 is 11.9. The lowest BCUT2D eigenvalue weighted by molar-refractivity contribution is -0.125. The standard InChI is InChI=1S/C14H16Cl2N2O2/c1-9(10-4-6-11(20-3)7-5-10)17-18-12(19)13(2)8-14(13,15)16/h4-7H,8H2,1-3H3,(H,18,19)/b17-9-/t13-/m1/s1. The predicted octanol–water partition coefficient (Wildman–Crippen LogP) is 3.12. The average Bonchev–Trinajstić information content (AvgIpc) is 2.96. The Morgan fingerprint density at radius 3 is 2.35 bits per heavy atom. The van der Waals surface area contributed by atoms with Gasteiger partial charge in [-0.1, -0.05) is 0 Å². The number of carbonyl (C=O) groups excluding carboxylic acids is 1. The SMILES string of the molecule is COc1ccc(/C(C)=N\NC(=O)[C@@]2(C)CC2(Cl)Cl)cc1. The van der Waals surface area contributed by atoms with E-state index in [1.54, 1.807) is 14.0 Å². The van der Waals surface area contributed by atoms with E-state index >= 15 is 0 Å². The van der Waals surface area contributed by atoms with E-state index in [0.717, 1.165) is 11.3 Å². The monoisotopic (exact) mass is 314 g/mol. The molecular formula is C14H16Cl2N2O2. The number of nitrogens with one attached hydrogen (secondary N) is 1. The summed E-state index contributed by atoms with van der Waals surface area (Å²) < 4.78 is 4.10. The van der Waals surface area contributed by atoms with E-state index in [4.69, 9.17) is 27.9 Å². The summed E-state index contributed by atoms with van der Waals surface area (Å²) in [5.41, 5.74) is 3.35. The first-order chi connectivity index (χ1) is 9.30. The summed E-state index contributed by atoms with van der Waals surface area (Å²) in [5, 5.41) is 4.08. The molecule has 4 nitrogen and oxygen atoms in total. The van der Waals surface area contributed by atoms with Crippen LogP contribution in [-0.4, -0.2) is 23.1 Å². The average molecular weight is 315 g/mol. The molecule has 0 bridgehead atoms. The number of hydrogen-bond acceptors (Lipinski definition) is 3. The third-order valence-electron chi connectivity index (χ3n) is 3.59. The van der Waals surface area contributed by atoms with Crippen molar-refractivity contribution in [3.05, 3.63) is 29.8 Å². The highest BCUT2D eigenvalue weighted by atomic mass is 35.5. The zero-order valence-electron chi connectivity index (χ0n) is 11.5. The van der Waals surface area contributed by atoms with Gasteiger partial charge in [-0.3, -0.25) is 4.79 Å². The maximum absolute atomic E-state index is 12.0. The highest BCUT2D eigenvalue weighted by Gasteiger charge is 2.68. The molecule has 0 saturated heterocycles. The van der Waals surface area contributed by atoms with Crippen molar-refractivity contribution in [1.82, 2.24) is 5.43 Å². The van der Waals surface area contributed by atoms with Gasteiger partial charge in [-0.15, -0.1) is 23.2 Å². The minimum absolute atomic E-state index is 0.268. The van der Waals surface area contributed by atoms with Gasteiger partial charge >= 0.3 is 0 Å². The van der Waals surface area contributed by atoms with Gasteiger partial charge in [-0.05, 0) is 50.1 Å². The first-order valence-corrected chi connectivity index (χ1v) is 6.93. The fourth-order valence-corrected chi connectivity index (χ4v) is 2.51. The van der Waals surface area contributed by atoms with Crippen molar-refractivity contribution in [2.75, 3.05) is 7.11 Å².